The van der Waals surface area contributed by atoms with Gasteiger partial charge in [0.25, 0.3) is 0 Å². The summed E-state index contributed by atoms with van der Waals surface area (Å²) in [6.45, 7) is 0.167. The lowest BCUT2D eigenvalue weighted by Gasteiger charge is -2.20. The number of nitrogens with one attached hydrogen (secondary N) is 2. The van der Waals surface area contributed by atoms with Crippen molar-refractivity contribution in [1.82, 2.24) is 15.6 Å². The number of nitrogens with zero attached hydrogens (tertiary/aromatic N) is 1. The van der Waals surface area contributed by atoms with Crippen LogP contribution in [0, 0.1) is 0 Å². The largest absolute Gasteiger partial charge is 0.483 e. The molecule has 0 saturated carbocycles. The first kappa shape index (κ1) is 23.3. The van der Waals surface area contributed by atoms with E-state index in [1.165, 1.54) is 12.1 Å². The van der Waals surface area contributed by atoms with Crippen LogP contribution in [0.3, 0.4) is 0 Å². The average Bonchev–Trinajstić information content (AvgIpc) is 2.65. The molecule has 30 heavy (non-hydrogen) atoms. The second-order valence-electron chi connectivity index (χ2n) is 6.39. The van der Waals surface area contributed by atoms with Crippen molar-refractivity contribution in [3.63, 3.8) is 0 Å². The van der Waals surface area contributed by atoms with Crippen molar-refractivity contribution < 1.29 is 32.6 Å². The molecule has 2 atom stereocenters. The van der Waals surface area contributed by atoms with Crippen molar-refractivity contribution in [3.05, 3.63) is 58.9 Å². The van der Waals surface area contributed by atoms with E-state index < -0.39 is 36.9 Å². The van der Waals surface area contributed by atoms with Crippen LogP contribution in [0.4, 0.5) is 18.0 Å². The van der Waals surface area contributed by atoms with Crippen LogP contribution in [-0.2, 0) is 11.2 Å². The van der Waals surface area contributed by atoms with Gasteiger partial charge in [-0.25, -0.2) is 4.79 Å². The lowest BCUT2D eigenvalue weighted by molar-refractivity contribution is -0.153. The minimum absolute atomic E-state index is 0.0685. The summed E-state index contributed by atoms with van der Waals surface area (Å²) in [4.78, 5) is 27.6. The molecule has 2 aromatic rings. The maximum atomic E-state index is 12.6. The van der Waals surface area contributed by atoms with E-state index in [-0.39, 0.29) is 12.2 Å². The molecule has 11 heteroatoms. The van der Waals surface area contributed by atoms with E-state index in [1.54, 1.807) is 31.2 Å². The molecule has 0 bridgehead atoms. The van der Waals surface area contributed by atoms with Crippen LogP contribution in [0.15, 0.2) is 42.6 Å². The Hall–Kier alpha value is -3.01. The number of hydrogen-bond acceptors (Lipinski definition) is 4. The van der Waals surface area contributed by atoms with Crippen LogP contribution in [0.1, 0.15) is 24.2 Å². The molecule has 0 aliphatic rings. The van der Waals surface area contributed by atoms with Gasteiger partial charge in [0.15, 0.2) is 6.61 Å². The summed E-state index contributed by atoms with van der Waals surface area (Å²) in [5.41, 5.74) is 1.02. The number of ether oxygens (including phenoxy) is 1. The zero-order valence-corrected chi connectivity index (χ0v) is 16.5. The number of carbonyl (C=O) groups is 2. The molecule has 0 spiro atoms. The molecule has 7 nitrogen and oxygen atoms in total. The number of halogens is 4. The van der Waals surface area contributed by atoms with E-state index in [2.05, 4.69) is 20.4 Å². The number of alkyl halides is 3. The number of carboxylic acid groups (broad SMARTS) is 1. The number of benzene rings is 1. The smallest absolute Gasteiger partial charge is 0.422 e. The maximum absolute atomic E-state index is 12.6. The molecule has 162 valence electrons. The van der Waals surface area contributed by atoms with Crippen molar-refractivity contribution in [2.24, 2.45) is 0 Å². The first-order chi connectivity index (χ1) is 14.0. The summed E-state index contributed by atoms with van der Waals surface area (Å²) in [5, 5.41) is 14.3. The van der Waals surface area contributed by atoms with Crippen molar-refractivity contribution in [2.75, 3.05) is 6.61 Å². The monoisotopic (exact) mass is 445 g/mol. The normalized spacial score (nSPS) is 13.2. The van der Waals surface area contributed by atoms with Crippen LogP contribution < -0.4 is 15.4 Å². The fraction of sp³-hybridized carbons (Fsp3) is 0.316. The van der Waals surface area contributed by atoms with E-state index in [0.29, 0.717) is 16.3 Å². The number of aromatic nitrogens is 1. The first-order valence-electron chi connectivity index (χ1n) is 8.73. The minimum atomic E-state index is -4.46. The lowest BCUT2D eigenvalue weighted by atomic mass is 10.0. The van der Waals surface area contributed by atoms with E-state index >= 15 is 0 Å². The molecule has 1 unspecified atom stereocenters. The Balaban J connectivity index is 2.02. The molecule has 1 aromatic heterocycles. The number of amides is 2. The van der Waals surface area contributed by atoms with Crippen LogP contribution in [-0.4, -0.2) is 40.9 Å². The van der Waals surface area contributed by atoms with Gasteiger partial charge in [0.1, 0.15) is 11.8 Å². The molecule has 3 N–H and O–H groups in total. The molecule has 0 fully saturated rings. The third kappa shape index (κ3) is 7.78. The Morgan fingerprint density at radius 3 is 2.53 bits per heavy atom. The Labute approximate surface area is 175 Å². The second-order valence-corrected chi connectivity index (χ2v) is 6.83. The Morgan fingerprint density at radius 1 is 1.23 bits per heavy atom. The third-order valence-corrected chi connectivity index (χ3v) is 4.14. The Morgan fingerprint density at radius 2 is 1.97 bits per heavy atom. The fourth-order valence-corrected chi connectivity index (χ4v) is 2.76. The predicted octanol–water partition coefficient (Wildman–Crippen LogP) is 3.73. The maximum Gasteiger partial charge on any atom is 0.422 e. The van der Waals surface area contributed by atoms with Gasteiger partial charge in [-0.15, -0.1) is 0 Å². The van der Waals surface area contributed by atoms with Gasteiger partial charge in [-0.1, -0.05) is 23.7 Å². The highest BCUT2D eigenvalue weighted by Crippen LogP contribution is 2.19. The highest BCUT2D eigenvalue weighted by molar-refractivity contribution is 6.30. The minimum Gasteiger partial charge on any atom is -0.483 e. The Bertz CT molecular complexity index is 878. The van der Waals surface area contributed by atoms with E-state index in [4.69, 9.17) is 16.7 Å². The second kappa shape index (κ2) is 10.1. The number of pyridine rings is 1. The van der Waals surface area contributed by atoms with Crippen molar-refractivity contribution in [1.29, 1.82) is 0 Å². The molecule has 1 heterocycles. The quantitative estimate of drug-likeness (QED) is 0.575. The summed E-state index contributed by atoms with van der Waals surface area (Å²) < 4.78 is 41.1. The summed E-state index contributed by atoms with van der Waals surface area (Å²) in [5.74, 6) is -0.662. The predicted molar refractivity (Wildman–Crippen MR) is 102 cm³/mol. The zero-order chi connectivity index (χ0) is 22.3. The van der Waals surface area contributed by atoms with Gasteiger partial charge in [-0.3, -0.25) is 9.78 Å². The molecule has 2 amide bonds. The summed E-state index contributed by atoms with van der Waals surface area (Å²) in [7, 11) is 0. The average molecular weight is 446 g/mol. The van der Waals surface area contributed by atoms with Crippen LogP contribution in [0.2, 0.25) is 5.02 Å². The summed E-state index contributed by atoms with van der Waals surface area (Å²) in [6, 6.07) is 7.66. The van der Waals surface area contributed by atoms with Gasteiger partial charge >= 0.3 is 12.3 Å². The van der Waals surface area contributed by atoms with Gasteiger partial charge in [-0.05, 0) is 36.8 Å². The topological polar surface area (TPSA) is 101 Å². The third-order valence-electron chi connectivity index (χ3n) is 3.91. The molecule has 0 aliphatic carbocycles. The van der Waals surface area contributed by atoms with Crippen LogP contribution in [0.25, 0.3) is 0 Å². The standard InChI is InChI=1S/C19H19ClF3N3O4/c1-11(15-6-5-14(9-24-15)30-10-19(21,22)23)25-17(27)16(26-18(28)29)8-12-3-2-4-13(20)7-12/h2-7,9,11,16,26H,8,10H2,1H3,(H,25,27)(H,28,29)/t11-,16?/m1/s1. The molecular formula is C19H19ClF3N3O4. The van der Waals surface area contributed by atoms with Gasteiger partial charge in [0.05, 0.1) is 17.9 Å². The molecule has 0 aliphatic heterocycles. The lowest BCUT2D eigenvalue weighted by Crippen LogP contribution is -2.48. The van der Waals surface area contributed by atoms with Gasteiger partial charge in [0.2, 0.25) is 5.91 Å². The first-order valence-corrected chi connectivity index (χ1v) is 9.11. The van der Waals surface area contributed by atoms with Crippen LogP contribution in [0.5, 0.6) is 5.75 Å². The number of rotatable bonds is 8. The molecule has 0 saturated heterocycles. The highest BCUT2D eigenvalue weighted by Gasteiger charge is 2.28. The van der Waals surface area contributed by atoms with Gasteiger partial charge in [-0.2, -0.15) is 13.2 Å². The number of carbonyl (C=O) groups excluding carboxylic acids is 1. The van der Waals surface area contributed by atoms with Crippen molar-refractivity contribution in [3.8, 4) is 5.75 Å². The Kier molecular flexibility index (Phi) is 7.87. The van der Waals surface area contributed by atoms with Crippen molar-refractivity contribution in [2.45, 2.75) is 31.6 Å². The van der Waals surface area contributed by atoms with Crippen molar-refractivity contribution >= 4 is 23.6 Å². The SMILES string of the molecule is C[C@@H](NC(=O)C(Cc1cccc(Cl)c1)NC(=O)O)c1ccc(OCC(F)(F)F)cn1. The van der Waals surface area contributed by atoms with E-state index in [9.17, 15) is 22.8 Å². The molecule has 1 aromatic carbocycles. The highest BCUT2D eigenvalue weighted by atomic mass is 35.5. The summed E-state index contributed by atoms with van der Waals surface area (Å²) in [6.07, 6.45) is -4.64. The van der Waals surface area contributed by atoms with E-state index in [1.807, 2.05) is 0 Å². The fourth-order valence-electron chi connectivity index (χ4n) is 2.54. The number of hydrogen-bond donors (Lipinski definition) is 3. The van der Waals surface area contributed by atoms with Gasteiger partial charge < -0.3 is 20.5 Å². The van der Waals surface area contributed by atoms with E-state index in [0.717, 1.165) is 6.20 Å². The zero-order valence-electron chi connectivity index (χ0n) is 15.7. The molecular weight excluding hydrogens is 427 g/mol. The summed E-state index contributed by atoms with van der Waals surface area (Å²) >= 11 is 5.92. The molecule has 0 radical (unpaired) electrons. The van der Waals surface area contributed by atoms with Gasteiger partial charge in [0, 0.05) is 11.4 Å². The van der Waals surface area contributed by atoms with Crippen LogP contribution >= 0.6 is 11.6 Å². The molecule has 2 rings (SSSR count).